The predicted molar refractivity (Wildman–Crippen MR) is 161 cm³/mol. The molecule has 3 aliphatic carbocycles. The third-order valence-corrected chi connectivity index (χ3v) is 10.1. The third-order valence-electron chi connectivity index (χ3n) is 8.24. The van der Waals surface area contributed by atoms with Gasteiger partial charge in [-0.1, -0.05) is 71.7 Å². The highest BCUT2D eigenvalue weighted by atomic mass is 35.5. The Bertz CT molecular complexity index is 1690. The maximum absolute atomic E-state index is 13.9. The van der Waals surface area contributed by atoms with Crippen LogP contribution in [0.4, 0.5) is 5.69 Å². The van der Waals surface area contributed by atoms with Gasteiger partial charge in [-0.05, 0) is 64.7 Å². The maximum atomic E-state index is 13.9. The summed E-state index contributed by atoms with van der Waals surface area (Å²) in [5, 5.41) is 3.59. The average molecular weight is 638 g/mol. The number of halogens is 4. The Morgan fingerprint density at radius 2 is 1.26 bits per heavy atom. The van der Waals surface area contributed by atoms with Gasteiger partial charge in [0.05, 0.1) is 16.9 Å². The Morgan fingerprint density at radius 3 is 1.74 bits per heavy atom. The van der Waals surface area contributed by atoms with E-state index in [1.165, 1.54) is 0 Å². The van der Waals surface area contributed by atoms with Crippen LogP contribution in [0, 0.1) is 11.8 Å². The van der Waals surface area contributed by atoms with Crippen molar-refractivity contribution < 1.29 is 19.1 Å². The Balaban J connectivity index is 1.13. The van der Waals surface area contributed by atoms with Gasteiger partial charge in [0.15, 0.2) is 0 Å². The van der Waals surface area contributed by atoms with Crippen molar-refractivity contribution in [1.29, 1.82) is 0 Å². The molecule has 0 spiro atoms. The van der Waals surface area contributed by atoms with Crippen molar-refractivity contribution in [2.75, 3.05) is 11.9 Å². The molecule has 4 aromatic rings. The first kappa shape index (κ1) is 27.3. The van der Waals surface area contributed by atoms with Gasteiger partial charge in [-0.3, -0.25) is 19.3 Å². The van der Waals surface area contributed by atoms with Crippen LogP contribution in [0.2, 0.25) is 10.0 Å². The first-order valence-corrected chi connectivity index (χ1v) is 14.6. The third kappa shape index (κ3) is 3.82. The van der Waals surface area contributed by atoms with Crippen LogP contribution < -0.4 is 10.1 Å². The van der Waals surface area contributed by atoms with Gasteiger partial charge in [-0.15, -0.1) is 23.2 Å². The number of nitrogens with zero attached hydrogens (tertiary/aromatic N) is 1. The largest absolute Gasteiger partial charge is 0.456 e. The number of ether oxygens (including phenoxy) is 1. The van der Waals surface area contributed by atoms with E-state index in [1.54, 1.807) is 42.5 Å². The molecule has 1 aliphatic heterocycles. The van der Waals surface area contributed by atoms with Crippen LogP contribution in [-0.4, -0.2) is 29.2 Å². The highest BCUT2D eigenvalue weighted by molar-refractivity contribution is 6.36. The molecule has 210 valence electrons. The number of carbonyl (C=O) groups is 3. The van der Waals surface area contributed by atoms with E-state index in [0.717, 1.165) is 4.90 Å². The number of likely N-dealkylation sites (tertiary alicyclic amines) is 1. The van der Waals surface area contributed by atoms with E-state index in [4.69, 9.17) is 51.1 Å². The summed E-state index contributed by atoms with van der Waals surface area (Å²) in [6, 6.07) is 26.3. The molecule has 1 fully saturated rings. The zero-order valence-corrected chi connectivity index (χ0v) is 24.6. The number of amides is 3. The number of nitrogens with one attached hydrogen (secondary N) is 1. The maximum Gasteiger partial charge on any atom is 0.244 e. The second-order valence-corrected chi connectivity index (χ2v) is 12.5. The molecule has 0 aromatic heterocycles. The lowest BCUT2D eigenvalue weighted by molar-refractivity contribution is -0.142. The monoisotopic (exact) mass is 636 g/mol. The second kappa shape index (κ2) is 9.75. The first-order valence-electron chi connectivity index (χ1n) is 13.1. The van der Waals surface area contributed by atoms with E-state index >= 15 is 0 Å². The normalized spacial score (nSPS) is 25.1. The summed E-state index contributed by atoms with van der Waals surface area (Å²) in [7, 11) is 0. The van der Waals surface area contributed by atoms with Gasteiger partial charge in [0.2, 0.25) is 17.7 Å². The molecule has 1 heterocycles. The molecule has 6 nitrogen and oxygen atoms in total. The lowest BCUT2D eigenvalue weighted by Gasteiger charge is -2.54. The second-order valence-electron chi connectivity index (χ2n) is 10.5. The van der Waals surface area contributed by atoms with Crippen LogP contribution in [0.15, 0.2) is 91.0 Å². The summed E-state index contributed by atoms with van der Waals surface area (Å²) >= 11 is 27.0. The molecule has 1 N–H and O–H groups in total. The molecule has 1 saturated heterocycles. The van der Waals surface area contributed by atoms with Gasteiger partial charge in [0.25, 0.3) is 0 Å². The topological polar surface area (TPSA) is 75.7 Å². The van der Waals surface area contributed by atoms with Crippen molar-refractivity contribution in [2.24, 2.45) is 11.8 Å². The van der Waals surface area contributed by atoms with Crippen molar-refractivity contribution in [3.63, 3.8) is 0 Å². The molecule has 0 radical (unpaired) electrons. The highest BCUT2D eigenvalue weighted by Crippen LogP contribution is 2.69. The van der Waals surface area contributed by atoms with Gasteiger partial charge in [0, 0.05) is 10.7 Å². The van der Waals surface area contributed by atoms with Crippen LogP contribution >= 0.6 is 46.4 Å². The summed E-state index contributed by atoms with van der Waals surface area (Å²) in [5.74, 6) is -2.59. The molecule has 4 aromatic carbocycles. The summed E-state index contributed by atoms with van der Waals surface area (Å²) in [6.07, 6.45) is 0. The van der Waals surface area contributed by atoms with E-state index < -0.39 is 45.9 Å². The van der Waals surface area contributed by atoms with Gasteiger partial charge >= 0.3 is 0 Å². The summed E-state index contributed by atoms with van der Waals surface area (Å²) < 4.78 is 5.79. The molecular weight excluding hydrogens is 618 g/mol. The van der Waals surface area contributed by atoms with Crippen LogP contribution in [0.3, 0.4) is 0 Å². The minimum atomic E-state index is -1.30. The molecule has 42 heavy (non-hydrogen) atoms. The van der Waals surface area contributed by atoms with Crippen LogP contribution in [0.1, 0.15) is 22.3 Å². The smallest absolute Gasteiger partial charge is 0.244 e. The van der Waals surface area contributed by atoms with Crippen molar-refractivity contribution in [1.82, 2.24) is 4.90 Å². The number of imide groups is 1. The SMILES string of the molecule is O=C(CN1C(=O)[C@H]2[C@H](C1=O)C1(Cl)c3ccccc3C2(Cl)c2ccccc21)Nc1ccc(Oc2ccc(Cl)cc2Cl)cc1. The van der Waals surface area contributed by atoms with Crippen LogP contribution in [0.25, 0.3) is 0 Å². The number of hydrogen-bond acceptors (Lipinski definition) is 4. The van der Waals surface area contributed by atoms with E-state index in [1.807, 2.05) is 48.5 Å². The van der Waals surface area contributed by atoms with Crippen molar-refractivity contribution in [3.05, 3.63) is 123 Å². The average Bonchev–Trinajstić information content (AvgIpc) is 3.24. The van der Waals surface area contributed by atoms with Crippen molar-refractivity contribution in [3.8, 4) is 11.5 Å². The lowest BCUT2D eigenvalue weighted by atomic mass is 9.54. The molecule has 2 bridgehead atoms. The molecule has 3 amide bonds. The molecule has 0 unspecified atom stereocenters. The molecule has 0 saturated carbocycles. The quantitative estimate of drug-likeness (QED) is 0.184. The number of rotatable bonds is 5. The fraction of sp³-hybridized carbons (Fsp3) is 0.156. The minimum Gasteiger partial charge on any atom is -0.456 e. The first-order chi connectivity index (χ1) is 20.1. The van der Waals surface area contributed by atoms with Crippen molar-refractivity contribution in [2.45, 2.75) is 9.75 Å². The predicted octanol–water partition coefficient (Wildman–Crippen LogP) is 7.32. The number of benzene rings is 4. The zero-order valence-electron chi connectivity index (χ0n) is 21.6. The Morgan fingerprint density at radius 1 is 0.762 bits per heavy atom. The fourth-order valence-electron chi connectivity index (χ4n) is 6.52. The van der Waals surface area contributed by atoms with Gasteiger partial charge in [-0.25, -0.2) is 0 Å². The lowest BCUT2D eigenvalue weighted by Crippen LogP contribution is -2.57. The molecule has 10 heteroatoms. The van der Waals surface area contributed by atoms with E-state index in [9.17, 15) is 14.4 Å². The fourth-order valence-corrected chi connectivity index (χ4v) is 8.06. The van der Waals surface area contributed by atoms with E-state index in [-0.39, 0.29) is 0 Å². The Hall–Kier alpha value is -3.55. The Labute approximate surface area is 261 Å². The summed E-state index contributed by atoms with van der Waals surface area (Å²) in [5.41, 5.74) is 3.27. The number of hydrogen-bond donors (Lipinski definition) is 1. The molecule has 4 aliphatic rings. The van der Waals surface area contributed by atoms with E-state index in [0.29, 0.717) is 49.5 Å². The number of carbonyl (C=O) groups excluding carboxylic acids is 3. The number of anilines is 1. The van der Waals surface area contributed by atoms with Crippen LogP contribution in [-0.2, 0) is 24.1 Å². The van der Waals surface area contributed by atoms with Gasteiger partial charge in [-0.2, -0.15) is 0 Å². The molecular formula is C32H20Cl4N2O4. The summed E-state index contributed by atoms with van der Waals surface area (Å²) in [6.45, 7) is -0.476. The Kier molecular flexibility index (Phi) is 6.33. The van der Waals surface area contributed by atoms with Crippen LogP contribution in [0.5, 0.6) is 11.5 Å². The number of alkyl halides is 2. The van der Waals surface area contributed by atoms with E-state index in [2.05, 4.69) is 5.32 Å². The standard InChI is InChI=1S/C32H20Cl4N2O4/c33-17-9-14-25(24(34)15-17)42-19-12-10-18(11-13-19)37-26(39)16-38-29(40)27-28(30(38)41)32(36)21-6-2-1-5-20(21)31(27,35)22-7-3-4-8-23(22)32/h1-15,27-28H,16H2,(H,37,39)/t27-,28-,31?,32?/m1/s1. The van der Waals surface area contributed by atoms with Gasteiger partial charge < -0.3 is 10.1 Å². The highest BCUT2D eigenvalue weighted by Gasteiger charge is 2.73. The molecule has 2 atom stereocenters. The van der Waals surface area contributed by atoms with Crippen molar-refractivity contribution >= 4 is 69.8 Å². The van der Waals surface area contributed by atoms with Gasteiger partial charge in [0.1, 0.15) is 27.8 Å². The minimum absolute atomic E-state index is 0.359. The molecule has 8 rings (SSSR count). The zero-order chi connectivity index (χ0) is 29.4. The summed E-state index contributed by atoms with van der Waals surface area (Å²) in [4.78, 5) is 39.3.